The number of rotatable bonds is 1. The van der Waals surface area contributed by atoms with Gasteiger partial charge >= 0.3 is 0 Å². The van der Waals surface area contributed by atoms with Crippen molar-refractivity contribution >= 4 is 0 Å². The van der Waals surface area contributed by atoms with Crippen LogP contribution in [0.25, 0.3) is 0 Å². The van der Waals surface area contributed by atoms with E-state index in [4.69, 9.17) is 14.2 Å². The number of hydrogen-bond donors (Lipinski definition) is 0. The lowest BCUT2D eigenvalue weighted by Crippen LogP contribution is -2.32. The monoisotopic (exact) mass is 170 g/mol. The molecule has 2 radical (unpaired) electrons. The molecule has 68 valence electrons. The van der Waals surface area contributed by atoms with Crippen molar-refractivity contribution in [3.05, 3.63) is 13.4 Å². The molecule has 0 aromatic rings. The Morgan fingerprint density at radius 3 is 2.33 bits per heavy atom. The van der Waals surface area contributed by atoms with E-state index in [1.54, 1.807) is 0 Å². The third-order valence-corrected chi connectivity index (χ3v) is 2.51. The Morgan fingerprint density at radius 2 is 1.67 bits per heavy atom. The summed E-state index contributed by atoms with van der Waals surface area (Å²) in [7, 11) is 0. The van der Waals surface area contributed by atoms with Crippen LogP contribution in [0.3, 0.4) is 0 Å². The van der Waals surface area contributed by atoms with Gasteiger partial charge in [0, 0.05) is 5.92 Å². The molecule has 3 nitrogen and oxygen atoms in total. The van der Waals surface area contributed by atoms with E-state index in [-0.39, 0.29) is 0 Å². The van der Waals surface area contributed by atoms with Gasteiger partial charge in [0.05, 0.1) is 26.4 Å². The van der Waals surface area contributed by atoms with Gasteiger partial charge in [-0.1, -0.05) is 0 Å². The molecule has 0 amide bonds. The van der Waals surface area contributed by atoms with Crippen molar-refractivity contribution in [2.45, 2.75) is 12.8 Å². The largest absolute Gasteiger partial charge is 0.375 e. The standard InChI is InChI=1S/C9H14O3/c1-2-8(4-10-3-1)9-5-11-7-12-6-9/h3,7-9H,1-2,4-6H2. The first-order valence-electron chi connectivity index (χ1n) is 4.45. The topological polar surface area (TPSA) is 27.7 Å². The Balaban J connectivity index is 1.80. The van der Waals surface area contributed by atoms with E-state index in [0.29, 0.717) is 11.8 Å². The Kier molecular flexibility index (Phi) is 2.98. The minimum Gasteiger partial charge on any atom is -0.375 e. The molecule has 2 heterocycles. The third-order valence-electron chi connectivity index (χ3n) is 2.51. The molecule has 0 aromatic carbocycles. The van der Waals surface area contributed by atoms with Gasteiger partial charge in [-0.05, 0) is 18.8 Å². The summed E-state index contributed by atoms with van der Waals surface area (Å²) in [5.41, 5.74) is 0. The van der Waals surface area contributed by atoms with E-state index in [0.717, 1.165) is 26.2 Å². The summed E-state index contributed by atoms with van der Waals surface area (Å²) < 4.78 is 15.5. The first-order valence-corrected chi connectivity index (χ1v) is 4.45. The molecule has 3 heteroatoms. The second-order valence-electron chi connectivity index (χ2n) is 3.36. The second kappa shape index (κ2) is 4.21. The molecule has 2 rings (SSSR count). The van der Waals surface area contributed by atoms with Gasteiger partial charge in [-0.25, -0.2) is 0 Å². The molecule has 0 aliphatic carbocycles. The van der Waals surface area contributed by atoms with E-state index in [2.05, 4.69) is 0 Å². The van der Waals surface area contributed by atoms with E-state index < -0.39 is 0 Å². The van der Waals surface area contributed by atoms with Gasteiger partial charge in [0.2, 0.25) is 6.79 Å². The maximum atomic E-state index is 5.29. The van der Waals surface area contributed by atoms with Crippen LogP contribution in [-0.2, 0) is 14.2 Å². The average Bonchev–Trinajstić information content (AvgIpc) is 2.21. The summed E-state index contributed by atoms with van der Waals surface area (Å²) in [5, 5.41) is 0. The van der Waals surface area contributed by atoms with E-state index in [1.165, 1.54) is 13.2 Å². The summed E-state index contributed by atoms with van der Waals surface area (Å²) in [6, 6.07) is 0. The average molecular weight is 170 g/mol. The molecule has 2 fully saturated rings. The summed E-state index contributed by atoms with van der Waals surface area (Å²) in [5.74, 6) is 1.13. The van der Waals surface area contributed by atoms with Crippen LogP contribution in [0.4, 0.5) is 0 Å². The maximum Gasteiger partial charge on any atom is 0.209 e. The highest BCUT2D eigenvalue weighted by molar-refractivity contribution is 4.76. The van der Waals surface area contributed by atoms with Crippen LogP contribution in [0.2, 0.25) is 0 Å². The van der Waals surface area contributed by atoms with Crippen LogP contribution in [-0.4, -0.2) is 19.8 Å². The molecule has 0 bridgehead atoms. The molecule has 1 unspecified atom stereocenters. The zero-order valence-corrected chi connectivity index (χ0v) is 7.07. The van der Waals surface area contributed by atoms with E-state index >= 15 is 0 Å². The van der Waals surface area contributed by atoms with Crippen molar-refractivity contribution in [2.24, 2.45) is 11.8 Å². The van der Waals surface area contributed by atoms with Crippen molar-refractivity contribution < 1.29 is 14.2 Å². The number of hydrogen-bond acceptors (Lipinski definition) is 3. The lowest BCUT2D eigenvalue weighted by molar-refractivity contribution is -0.0920. The molecule has 2 saturated heterocycles. The fraction of sp³-hybridized carbons (Fsp3) is 0.778. The summed E-state index contributed by atoms with van der Waals surface area (Å²) in [6.07, 6.45) is 2.27. The maximum absolute atomic E-state index is 5.29. The van der Waals surface area contributed by atoms with Gasteiger partial charge in [-0.15, -0.1) is 0 Å². The van der Waals surface area contributed by atoms with Crippen LogP contribution in [0.1, 0.15) is 12.8 Å². The minimum atomic E-state index is 0.517. The minimum absolute atomic E-state index is 0.517. The highest BCUT2D eigenvalue weighted by Gasteiger charge is 2.26. The lowest BCUT2D eigenvalue weighted by atomic mass is 9.88. The van der Waals surface area contributed by atoms with E-state index in [1.807, 2.05) is 6.61 Å². The molecule has 0 N–H and O–H groups in total. The van der Waals surface area contributed by atoms with E-state index in [9.17, 15) is 0 Å². The van der Waals surface area contributed by atoms with Gasteiger partial charge in [0.1, 0.15) is 0 Å². The van der Waals surface area contributed by atoms with Gasteiger partial charge in [0.25, 0.3) is 0 Å². The van der Waals surface area contributed by atoms with Crippen LogP contribution in [0.15, 0.2) is 0 Å². The fourth-order valence-corrected chi connectivity index (χ4v) is 1.71. The Bertz CT molecular complexity index is 110. The van der Waals surface area contributed by atoms with Crippen LogP contribution >= 0.6 is 0 Å². The molecule has 2 aliphatic rings. The first-order chi connectivity index (χ1) is 5.97. The predicted molar refractivity (Wildman–Crippen MR) is 42.7 cm³/mol. The smallest absolute Gasteiger partial charge is 0.209 e. The van der Waals surface area contributed by atoms with Crippen molar-refractivity contribution in [1.82, 2.24) is 0 Å². The van der Waals surface area contributed by atoms with Crippen LogP contribution in [0.5, 0.6) is 0 Å². The molecular formula is C9H14O3. The van der Waals surface area contributed by atoms with Gasteiger partial charge in [-0.3, -0.25) is 0 Å². The third kappa shape index (κ3) is 1.97. The first kappa shape index (κ1) is 8.48. The zero-order chi connectivity index (χ0) is 8.23. The summed E-state index contributed by atoms with van der Waals surface area (Å²) in [6.45, 7) is 5.74. The van der Waals surface area contributed by atoms with Gasteiger partial charge < -0.3 is 14.2 Å². The molecule has 0 aromatic heterocycles. The molecule has 0 saturated carbocycles. The summed E-state index contributed by atoms with van der Waals surface area (Å²) in [4.78, 5) is 0. The van der Waals surface area contributed by atoms with Crippen LogP contribution in [0, 0.1) is 25.2 Å². The summed E-state index contributed by atoms with van der Waals surface area (Å²) >= 11 is 0. The normalized spacial score (nSPS) is 33.5. The van der Waals surface area contributed by atoms with Crippen molar-refractivity contribution in [2.75, 3.05) is 19.8 Å². The highest BCUT2D eigenvalue weighted by atomic mass is 16.7. The molecular weight excluding hydrogens is 156 g/mol. The molecule has 2 aliphatic heterocycles. The van der Waals surface area contributed by atoms with Crippen LogP contribution < -0.4 is 0 Å². The highest BCUT2D eigenvalue weighted by Crippen LogP contribution is 2.26. The molecule has 0 spiro atoms. The number of ether oxygens (including phenoxy) is 3. The quantitative estimate of drug-likeness (QED) is 0.594. The van der Waals surface area contributed by atoms with Crippen molar-refractivity contribution in [3.8, 4) is 0 Å². The Labute approximate surface area is 73.0 Å². The van der Waals surface area contributed by atoms with Crippen molar-refractivity contribution in [1.29, 1.82) is 0 Å². The zero-order valence-electron chi connectivity index (χ0n) is 7.07. The molecule has 12 heavy (non-hydrogen) atoms. The van der Waals surface area contributed by atoms with Gasteiger partial charge in [0.15, 0.2) is 0 Å². The fourth-order valence-electron chi connectivity index (χ4n) is 1.71. The molecule has 1 atom stereocenters. The lowest BCUT2D eigenvalue weighted by Gasteiger charge is -2.31. The Morgan fingerprint density at radius 1 is 0.917 bits per heavy atom. The van der Waals surface area contributed by atoms with Gasteiger partial charge in [-0.2, -0.15) is 0 Å². The second-order valence-corrected chi connectivity index (χ2v) is 3.36. The predicted octanol–water partition coefficient (Wildman–Crippen LogP) is 1.36. The SMILES string of the molecule is [CH]1CCC(C2CO[CH]OC2)CO1. The Hall–Kier alpha value is -0.120. The van der Waals surface area contributed by atoms with Crippen molar-refractivity contribution in [3.63, 3.8) is 0 Å².